The summed E-state index contributed by atoms with van der Waals surface area (Å²) in [6.45, 7) is 7.80. The van der Waals surface area contributed by atoms with Crippen LogP contribution in [0.3, 0.4) is 0 Å². The summed E-state index contributed by atoms with van der Waals surface area (Å²) >= 11 is 0. The van der Waals surface area contributed by atoms with Crippen LogP contribution in [-0.4, -0.2) is 97.4 Å². The molecule has 6 aromatic rings. The van der Waals surface area contributed by atoms with Gasteiger partial charge in [-0.05, 0) is 198 Å². The van der Waals surface area contributed by atoms with Crippen molar-refractivity contribution in [2.24, 2.45) is 41.4 Å². The molecule has 0 spiro atoms. The van der Waals surface area contributed by atoms with Crippen molar-refractivity contribution >= 4 is 28.0 Å². The SMILES string of the molecule is CCC[C@@H]1[C@H]2C[C@@H](CC3=CCNC(=C3)Nc3ccc4ccc(c(O)c4c3)C[C@H](O)CNC[C@H](C)c3c[nH]c(c3)C[C@H]1O)C[C@@H]1C#C[C@H](c3ccccc3[C@@H]3CC[C@@H](Cc4cccc(O)c4CO)[C@H](C)C3)c3cc(O)c(OC)cc3CCC(=O)[C@H](O)C(=O)[C@H]1C2. The second-order valence-corrected chi connectivity index (χ2v) is 26.6. The number of dihydropyridines is 1. The van der Waals surface area contributed by atoms with Crippen LogP contribution in [0.2, 0.25) is 0 Å². The fourth-order valence-electron chi connectivity index (χ4n) is 15.8. The molecule has 14 heteroatoms. The minimum atomic E-state index is -1.88. The average molecular weight is 1210 g/mol. The number of hydrogen-bond donors (Lipinski definition) is 11. The number of Topliss-reactive ketones (excluding diaryl/α,β-unsaturated/α-hetero) is 2. The smallest absolute Gasteiger partial charge is 0.173 e. The number of hydrogen-bond acceptors (Lipinski definition) is 13. The Bertz CT molecular complexity index is 3650. The van der Waals surface area contributed by atoms with E-state index in [9.17, 15) is 40.5 Å². The summed E-state index contributed by atoms with van der Waals surface area (Å²) in [6.07, 6.45) is 10.6. The van der Waals surface area contributed by atoms with Gasteiger partial charge in [-0.3, -0.25) is 9.59 Å². The number of phenolic OH excluding ortho intramolecular Hbond substituents is 2. The first-order valence-electron chi connectivity index (χ1n) is 32.6. The second kappa shape index (κ2) is 28.2. The number of benzene rings is 5. The van der Waals surface area contributed by atoms with E-state index in [0.29, 0.717) is 86.5 Å². The van der Waals surface area contributed by atoms with Gasteiger partial charge in [-0.15, -0.1) is 0 Å². The Kier molecular flexibility index (Phi) is 20.0. The Labute approximate surface area is 523 Å². The third-order valence-corrected chi connectivity index (χ3v) is 20.6. The van der Waals surface area contributed by atoms with E-state index in [2.05, 4.69) is 90.0 Å². The fraction of sp³-hybridized carbons (Fsp3) is 0.467. The number of H-pyrrole nitrogens is 1. The molecule has 5 aliphatic rings. The number of aromatic hydroxyl groups is 3. The van der Waals surface area contributed by atoms with E-state index >= 15 is 4.79 Å². The number of aliphatic hydroxyl groups excluding tert-OH is 4. The molecule has 470 valence electrons. The van der Waals surface area contributed by atoms with Crippen LogP contribution < -0.4 is 20.7 Å². The number of carbonyl (C=O) groups excluding carboxylic acids is 2. The van der Waals surface area contributed by atoms with Gasteiger partial charge in [-0.25, -0.2) is 0 Å². The van der Waals surface area contributed by atoms with E-state index in [1.807, 2.05) is 54.7 Å². The molecule has 3 aliphatic carbocycles. The summed E-state index contributed by atoms with van der Waals surface area (Å²) in [5, 5.41) is 92.2. The molecular weight excluding hydrogens is 1120 g/mol. The molecule has 11 rings (SSSR count). The van der Waals surface area contributed by atoms with Crippen molar-refractivity contribution in [3.8, 4) is 34.8 Å². The summed E-state index contributed by atoms with van der Waals surface area (Å²) in [5.41, 5.74) is 9.63. The number of nitrogens with one attached hydrogen (secondary N) is 4. The van der Waals surface area contributed by atoms with Gasteiger partial charge < -0.3 is 61.4 Å². The number of aliphatic hydroxyl groups is 4. The largest absolute Gasteiger partial charge is 0.508 e. The van der Waals surface area contributed by atoms with Crippen LogP contribution in [0.4, 0.5) is 5.69 Å². The first kappa shape index (κ1) is 63.2. The topological polar surface area (TPSA) is 237 Å². The van der Waals surface area contributed by atoms with Gasteiger partial charge in [0.25, 0.3) is 0 Å². The fourth-order valence-corrected chi connectivity index (χ4v) is 15.8. The van der Waals surface area contributed by atoms with E-state index in [1.54, 1.807) is 18.2 Å². The molecule has 0 unspecified atom stereocenters. The highest BCUT2D eigenvalue weighted by molar-refractivity contribution is 6.06. The Hall–Kier alpha value is -7.38. The third kappa shape index (κ3) is 14.3. The van der Waals surface area contributed by atoms with Gasteiger partial charge in [0.2, 0.25) is 0 Å². The minimum absolute atomic E-state index is 0.0473. The molecule has 89 heavy (non-hydrogen) atoms. The number of methoxy groups -OCH3 is 1. The maximum absolute atomic E-state index is 15.4. The minimum Gasteiger partial charge on any atom is -0.508 e. The van der Waals surface area contributed by atoms with Gasteiger partial charge in [0, 0.05) is 79.3 Å². The average Bonchev–Trinajstić information content (AvgIpc) is 2.16. The lowest BCUT2D eigenvalue weighted by Gasteiger charge is -2.36. The molecule has 2 saturated carbocycles. The van der Waals surface area contributed by atoms with Crippen LogP contribution in [-0.2, 0) is 41.9 Å². The van der Waals surface area contributed by atoms with E-state index in [0.717, 1.165) is 93.6 Å². The Balaban J connectivity index is 0.997. The van der Waals surface area contributed by atoms with Crippen molar-refractivity contribution < 1.29 is 50.1 Å². The zero-order valence-electron chi connectivity index (χ0n) is 52.0. The highest BCUT2D eigenvalue weighted by atomic mass is 16.5. The molecular formula is C75H90N4O10. The van der Waals surface area contributed by atoms with Gasteiger partial charge in [-0.1, -0.05) is 99.7 Å². The standard InChI is InChI=1S/C75H90N4O10/c1-5-9-60-54-29-46(27-45-24-25-77-72(30-45)79-56-21-18-47-14-17-53(73(86)65(47)36-56)33-58(81)41-76-39-44(3)55-32-57(78-40-55)37-69(60)84)28-51-19-22-62(63-38-70(85)71(89-4)35-52(63)20-23-68(83)75(88)74(87)64(51)34-54)61-12-7-6-11-59(61)50-16-15-48(43(2)26-50)31-49-10-8-13-67(82)66(49)42-80/h6-8,10-14,17-18,21,24,30,32,35-36,38,40,43-44,46,48,50-51,54,58,60,62,64,69,75-82,84-86,88H,5,9,15-16,20,23,25-29,31,33-34,37,39,41-42H2,1-4H3/t43-,44+,46+,48+,50-,51+,54+,58+,60-,62-,64+,69-,75+/m1/s1. The van der Waals surface area contributed by atoms with Gasteiger partial charge in [0.1, 0.15) is 17.3 Å². The summed E-state index contributed by atoms with van der Waals surface area (Å²) < 4.78 is 5.68. The lowest BCUT2D eigenvalue weighted by molar-refractivity contribution is -0.142. The van der Waals surface area contributed by atoms with Crippen molar-refractivity contribution in [1.29, 1.82) is 0 Å². The first-order valence-corrected chi connectivity index (χ1v) is 32.6. The molecule has 13 atom stereocenters. The number of allylic oxidation sites excluding steroid dienone is 2. The van der Waals surface area contributed by atoms with Crippen molar-refractivity contribution in [3.63, 3.8) is 0 Å². The van der Waals surface area contributed by atoms with Crippen molar-refractivity contribution in [1.82, 2.24) is 15.6 Å². The quantitative estimate of drug-likeness (QED) is 0.0503. The van der Waals surface area contributed by atoms with Crippen molar-refractivity contribution in [2.75, 3.05) is 32.1 Å². The van der Waals surface area contributed by atoms with E-state index in [4.69, 9.17) is 4.74 Å². The van der Waals surface area contributed by atoms with Crippen LogP contribution in [0.25, 0.3) is 10.8 Å². The third-order valence-electron chi connectivity index (χ3n) is 20.6. The number of ether oxygens (including phenoxy) is 1. The molecule has 0 amide bonds. The second-order valence-electron chi connectivity index (χ2n) is 26.6. The van der Waals surface area contributed by atoms with Crippen molar-refractivity contribution in [2.45, 2.75) is 153 Å². The lowest BCUT2D eigenvalue weighted by Crippen LogP contribution is -2.40. The summed E-state index contributed by atoms with van der Waals surface area (Å²) in [5.74, 6) is 6.08. The van der Waals surface area contributed by atoms with Gasteiger partial charge in [0.15, 0.2) is 29.2 Å². The maximum Gasteiger partial charge on any atom is 0.173 e. The summed E-state index contributed by atoms with van der Waals surface area (Å²) in [6, 6.07) is 29.3. The zero-order chi connectivity index (χ0) is 62.5. The van der Waals surface area contributed by atoms with E-state index in [-0.39, 0.29) is 78.5 Å². The number of aromatic nitrogens is 1. The van der Waals surface area contributed by atoms with Crippen LogP contribution in [0.15, 0.2) is 121 Å². The number of aryl methyl sites for hydroxylation is 1. The van der Waals surface area contributed by atoms with Crippen LogP contribution in [0, 0.1) is 53.3 Å². The van der Waals surface area contributed by atoms with Crippen LogP contribution in [0.5, 0.6) is 23.0 Å². The lowest BCUT2D eigenvalue weighted by atomic mass is 9.68. The molecule has 2 fully saturated rings. The van der Waals surface area contributed by atoms with Crippen LogP contribution >= 0.6 is 0 Å². The Morgan fingerprint density at radius 2 is 1.60 bits per heavy atom. The van der Waals surface area contributed by atoms with Gasteiger partial charge in [-0.2, -0.15) is 0 Å². The molecule has 0 saturated heterocycles. The first-order chi connectivity index (χ1) is 43.0. The summed E-state index contributed by atoms with van der Waals surface area (Å²) in [4.78, 5) is 33.4. The molecule has 1 aromatic heterocycles. The maximum atomic E-state index is 15.4. The molecule has 14 nitrogen and oxygen atoms in total. The predicted octanol–water partition coefficient (Wildman–Crippen LogP) is 11.3. The number of phenols is 3. The Morgan fingerprint density at radius 1 is 0.775 bits per heavy atom. The zero-order valence-corrected chi connectivity index (χ0v) is 52.0. The van der Waals surface area contributed by atoms with Gasteiger partial charge >= 0.3 is 0 Å². The predicted molar refractivity (Wildman–Crippen MR) is 348 cm³/mol. The molecule has 11 N–H and O–H groups in total. The number of fused-ring (bicyclic) bond motifs is 9. The van der Waals surface area contributed by atoms with E-state index < -0.39 is 47.6 Å². The highest BCUT2D eigenvalue weighted by Crippen LogP contribution is 2.48. The molecule has 5 aromatic carbocycles. The normalized spacial score (nSPS) is 28.1. The number of carbonyl (C=O) groups is 2. The van der Waals surface area contributed by atoms with E-state index in [1.165, 1.54) is 7.11 Å². The summed E-state index contributed by atoms with van der Waals surface area (Å²) in [7, 11) is 1.49. The number of aromatic amines is 1. The Morgan fingerprint density at radius 3 is 2.39 bits per heavy atom. The number of β-amino-alcohol motifs (C(OH)–C–C–N with tert-alkyl or cyclic N) is 1. The number of rotatable bonds is 8. The monoisotopic (exact) mass is 1210 g/mol. The number of anilines is 1. The van der Waals surface area contributed by atoms with Crippen molar-refractivity contribution in [3.05, 3.63) is 171 Å². The molecule has 3 heterocycles. The highest BCUT2D eigenvalue weighted by Gasteiger charge is 2.44. The molecule has 9 bridgehead atoms. The molecule has 2 aliphatic heterocycles. The number of ketones is 2. The van der Waals surface area contributed by atoms with Gasteiger partial charge in [0.05, 0.1) is 31.8 Å². The molecule has 0 radical (unpaired) electrons. The van der Waals surface area contributed by atoms with Crippen LogP contribution in [0.1, 0.15) is 153 Å².